The van der Waals surface area contributed by atoms with Crippen molar-refractivity contribution in [2.24, 2.45) is 0 Å². The Hall–Kier alpha value is -3.14. The molecule has 0 fully saturated rings. The lowest BCUT2D eigenvalue weighted by molar-refractivity contribution is -0.384. The number of benzene rings is 2. The monoisotopic (exact) mass is 377 g/mol. The number of amides is 1. The van der Waals surface area contributed by atoms with E-state index in [1.165, 1.54) is 24.3 Å². The van der Waals surface area contributed by atoms with Gasteiger partial charge in [0, 0.05) is 17.8 Å². The number of nitrogens with zero attached hydrogens (tertiary/aromatic N) is 2. The molecule has 1 aliphatic heterocycles. The van der Waals surface area contributed by atoms with Crippen LogP contribution < -0.4 is 14.4 Å². The quantitative estimate of drug-likeness (QED) is 0.640. The molecule has 0 saturated heterocycles. The zero-order valence-electron chi connectivity index (χ0n) is 13.7. The van der Waals surface area contributed by atoms with E-state index in [4.69, 9.17) is 4.74 Å². The van der Waals surface area contributed by atoms with Gasteiger partial charge in [0.15, 0.2) is 6.10 Å². The number of sulfonamides is 1. The van der Waals surface area contributed by atoms with Crippen LogP contribution in [0.15, 0.2) is 48.5 Å². The minimum absolute atomic E-state index is 0.171. The van der Waals surface area contributed by atoms with Gasteiger partial charge in [-0.1, -0.05) is 18.2 Å². The Kier molecular flexibility index (Phi) is 4.51. The molecule has 136 valence electrons. The van der Waals surface area contributed by atoms with Gasteiger partial charge in [-0.15, -0.1) is 0 Å². The number of rotatable bonds is 4. The number of nitro groups is 1. The Morgan fingerprint density at radius 3 is 2.69 bits per heavy atom. The molecule has 0 saturated carbocycles. The van der Waals surface area contributed by atoms with Gasteiger partial charge in [-0.3, -0.25) is 19.2 Å². The molecule has 0 spiro atoms. The fraction of sp³-hybridized carbons (Fsp3) is 0.188. The summed E-state index contributed by atoms with van der Waals surface area (Å²) in [5, 5.41) is 13.3. The van der Waals surface area contributed by atoms with Gasteiger partial charge in [0.1, 0.15) is 5.75 Å². The minimum atomic E-state index is -3.61. The number of nitrogens with one attached hydrogen (secondary N) is 1. The number of fused-ring (bicyclic) bond motifs is 1. The van der Waals surface area contributed by atoms with Crippen molar-refractivity contribution in [3.63, 3.8) is 0 Å². The third-order valence-corrected chi connectivity index (χ3v) is 4.90. The minimum Gasteiger partial charge on any atom is -0.476 e. The Morgan fingerprint density at radius 1 is 1.27 bits per heavy atom. The van der Waals surface area contributed by atoms with Crippen molar-refractivity contribution < 1.29 is 22.9 Å². The predicted molar refractivity (Wildman–Crippen MR) is 94.8 cm³/mol. The summed E-state index contributed by atoms with van der Waals surface area (Å²) in [4.78, 5) is 22.8. The van der Waals surface area contributed by atoms with Crippen molar-refractivity contribution in [1.82, 2.24) is 0 Å². The number of carbonyl (C=O) groups is 1. The highest BCUT2D eigenvalue weighted by atomic mass is 32.2. The summed E-state index contributed by atoms with van der Waals surface area (Å²) in [6.07, 6.45) is -0.0520. The smallest absolute Gasteiger partial charge is 0.271 e. The first-order valence-electron chi connectivity index (χ1n) is 7.54. The third-order valence-electron chi connectivity index (χ3n) is 3.75. The number of ether oxygens (including phenoxy) is 1. The molecule has 1 unspecified atom stereocenters. The lowest BCUT2D eigenvalue weighted by Gasteiger charge is -2.33. The first kappa shape index (κ1) is 17.7. The lowest BCUT2D eigenvalue weighted by Crippen LogP contribution is -2.48. The van der Waals surface area contributed by atoms with Crippen LogP contribution in [0.1, 0.15) is 0 Å². The SMILES string of the molecule is CS(=O)(=O)N1CC(C(=O)Nc2cccc([N+](=O)[O-])c2)Oc2ccccc21. The van der Waals surface area contributed by atoms with Crippen LogP contribution in [0, 0.1) is 10.1 Å². The number of para-hydroxylation sites is 2. The van der Waals surface area contributed by atoms with E-state index in [1.54, 1.807) is 24.3 Å². The highest BCUT2D eigenvalue weighted by Gasteiger charge is 2.34. The summed E-state index contributed by atoms with van der Waals surface area (Å²) in [5.41, 5.74) is 0.405. The molecule has 0 aromatic heterocycles. The van der Waals surface area contributed by atoms with Crippen molar-refractivity contribution in [3.05, 3.63) is 58.6 Å². The summed E-state index contributed by atoms with van der Waals surface area (Å²) in [6, 6.07) is 11.9. The van der Waals surface area contributed by atoms with E-state index in [2.05, 4.69) is 5.32 Å². The average Bonchev–Trinajstić information content (AvgIpc) is 2.60. The normalized spacial score (nSPS) is 16.3. The fourth-order valence-corrected chi connectivity index (χ4v) is 3.49. The van der Waals surface area contributed by atoms with Gasteiger partial charge in [0.25, 0.3) is 11.6 Å². The molecule has 0 aliphatic carbocycles. The van der Waals surface area contributed by atoms with Gasteiger partial charge in [0.2, 0.25) is 10.0 Å². The second-order valence-corrected chi connectivity index (χ2v) is 7.57. The van der Waals surface area contributed by atoms with Crippen LogP contribution in [-0.2, 0) is 14.8 Å². The maximum absolute atomic E-state index is 12.5. The van der Waals surface area contributed by atoms with Crippen molar-refractivity contribution in [2.45, 2.75) is 6.10 Å². The van der Waals surface area contributed by atoms with Crippen LogP contribution >= 0.6 is 0 Å². The number of hydrogen-bond acceptors (Lipinski definition) is 6. The Labute approximate surface area is 149 Å². The van der Waals surface area contributed by atoms with Crippen molar-refractivity contribution >= 4 is 33.0 Å². The number of hydrogen-bond donors (Lipinski definition) is 1. The van der Waals surface area contributed by atoms with E-state index in [1.807, 2.05) is 0 Å². The Morgan fingerprint density at radius 2 is 2.00 bits per heavy atom. The topological polar surface area (TPSA) is 119 Å². The zero-order valence-corrected chi connectivity index (χ0v) is 14.5. The molecule has 3 rings (SSSR count). The summed E-state index contributed by atoms with van der Waals surface area (Å²) in [7, 11) is -3.61. The number of non-ortho nitro benzene ring substituents is 1. The summed E-state index contributed by atoms with van der Waals surface area (Å²) < 4.78 is 30.8. The van der Waals surface area contributed by atoms with Gasteiger partial charge in [-0.2, -0.15) is 0 Å². The second-order valence-electron chi connectivity index (χ2n) is 5.67. The molecule has 0 bridgehead atoms. The second kappa shape index (κ2) is 6.64. The number of nitro benzene ring substituents is 1. The number of anilines is 2. The van der Waals surface area contributed by atoms with E-state index >= 15 is 0 Å². The molecule has 1 atom stereocenters. The van der Waals surface area contributed by atoms with Crippen molar-refractivity contribution in [1.29, 1.82) is 0 Å². The van der Waals surface area contributed by atoms with Crippen LogP contribution in [0.5, 0.6) is 5.75 Å². The molecule has 0 radical (unpaired) electrons. The van der Waals surface area contributed by atoms with Gasteiger partial charge in [-0.25, -0.2) is 8.42 Å². The molecular weight excluding hydrogens is 362 g/mol. The van der Waals surface area contributed by atoms with Crippen LogP contribution in [0.3, 0.4) is 0 Å². The summed E-state index contributed by atoms with van der Waals surface area (Å²) in [6.45, 7) is -0.198. The maximum atomic E-state index is 12.5. The van der Waals surface area contributed by atoms with Crippen LogP contribution in [0.4, 0.5) is 17.1 Å². The average molecular weight is 377 g/mol. The molecule has 9 nitrogen and oxygen atoms in total. The molecule has 26 heavy (non-hydrogen) atoms. The standard InChI is InChI=1S/C16H15N3O6S/c1-26(23,24)18-10-15(25-14-8-3-2-7-13(14)18)16(20)17-11-5-4-6-12(9-11)19(21)22/h2-9,15H,10H2,1H3,(H,17,20). The van der Waals surface area contributed by atoms with E-state index in [0.717, 1.165) is 10.6 Å². The van der Waals surface area contributed by atoms with E-state index in [0.29, 0.717) is 5.69 Å². The molecule has 1 N–H and O–H groups in total. The molecule has 10 heteroatoms. The van der Waals surface area contributed by atoms with Crippen LogP contribution in [0.2, 0.25) is 0 Å². The molecule has 2 aromatic rings. The summed E-state index contributed by atoms with van der Waals surface area (Å²) >= 11 is 0. The van der Waals surface area contributed by atoms with Crippen LogP contribution in [-0.4, -0.2) is 38.2 Å². The van der Waals surface area contributed by atoms with E-state index < -0.39 is 27.0 Å². The van der Waals surface area contributed by atoms with Gasteiger partial charge in [-0.05, 0) is 18.2 Å². The van der Waals surface area contributed by atoms with E-state index in [-0.39, 0.29) is 23.7 Å². The molecule has 2 aromatic carbocycles. The van der Waals surface area contributed by atoms with Crippen LogP contribution in [0.25, 0.3) is 0 Å². The lowest BCUT2D eigenvalue weighted by atomic mass is 10.2. The highest BCUT2D eigenvalue weighted by molar-refractivity contribution is 7.92. The van der Waals surface area contributed by atoms with Gasteiger partial charge < -0.3 is 10.1 Å². The predicted octanol–water partition coefficient (Wildman–Crippen LogP) is 1.76. The molecule has 1 heterocycles. The first-order valence-corrected chi connectivity index (χ1v) is 9.39. The van der Waals surface area contributed by atoms with E-state index in [9.17, 15) is 23.3 Å². The third kappa shape index (κ3) is 3.59. The highest BCUT2D eigenvalue weighted by Crippen LogP contribution is 2.34. The summed E-state index contributed by atoms with van der Waals surface area (Å²) in [5.74, 6) is -0.336. The number of carbonyl (C=O) groups excluding carboxylic acids is 1. The molecule has 1 amide bonds. The first-order chi connectivity index (χ1) is 12.3. The van der Waals surface area contributed by atoms with Gasteiger partial charge >= 0.3 is 0 Å². The van der Waals surface area contributed by atoms with Crippen molar-refractivity contribution in [3.8, 4) is 5.75 Å². The fourth-order valence-electron chi connectivity index (χ4n) is 2.57. The largest absolute Gasteiger partial charge is 0.476 e. The molecule has 1 aliphatic rings. The maximum Gasteiger partial charge on any atom is 0.271 e. The molecular formula is C16H15N3O6S. The van der Waals surface area contributed by atoms with Crippen molar-refractivity contribution in [2.75, 3.05) is 22.4 Å². The Bertz CT molecular complexity index is 975. The van der Waals surface area contributed by atoms with Gasteiger partial charge in [0.05, 0.1) is 23.4 Å². The zero-order chi connectivity index (χ0) is 18.9. The Balaban J connectivity index is 1.85.